The van der Waals surface area contributed by atoms with Crippen molar-refractivity contribution in [3.63, 3.8) is 0 Å². The Hall–Kier alpha value is -1.87. The van der Waals surface area contributed by atoms with Crippen molar-refractivity contribution in [2.45, 2.75) is 32.7 Å². The summed E-state index contributed by atoms with van der Waals surface area (Å²) >= 11 is 0. The summed E-state index contributed by atoms with van der Waals surface area (Å²) in [5.41, 5.74) is 3.71. The molecule has 0 spiro atoms. The van der Waals surface area contributed by atoms with Gasteiger partial charge in [0.25, 0.3) is 0 Å². The zero-order valence-electron chi connectivity index (χ0n) is 13.1. The largest absolute Gasteiger partial charge is 0.496 e. The monoisotopic (exact) mass is 284 g/mol. The topological polar surface area (TPSA) is 34.2 Å². The van der Waals surface area contributed by atoms with E-state index in [0.717, 1.165) is 25.1 Å². The highest BCUT2D eigenvalue weighted by atomic mass is 16.5. The highest BCUT2D eigenvalue weighted by molar-refractivity contribution is 5.40. The van der Waals surface area contributed by atoms with Crippen molar-refractivity contribution in [1.82, 2.24) is 10.3 Å². The second-order valence-corrected chi connectivity index (χ2v) is 5.31. The quantitative estimate of drug-likeness (QED) is 0.842. The summed E-state index contributed by atoms with van der Waals surface area (Å²) in [5, 5.41) is 3.63. The number of hydrogen-bond acceptors (Lipinski definition) is 3. The molecule has 0 aliphatic carbocycles. The number of rotatable bonds is 7. The van der Waals surface area contributed by atoms with Crippen molar-refractivity contribution < 1.29 is 4.74 Å². The zero-order chi connectivity index (χ0) is 15.1. The molecule has 3 nitrogen and oxygen atoms in total. The summed E-state index contributed by atoms with van der Waals surface area (Å²) in [5.74, 6) is 0.956. The predicted octanol–water partition coefficient (Wildman–Crippen LogP) is 3.68. The van der Waals surface area contributed by atoms with Crippen LogP contribution < -0.4 is 10.1 Å². The first-order valence-electron chi connectivity index (χ1n) is 7.51. The van der Waals surface area contributed by atoms with Gasteiger partial charge < -0.3 is 10.1 Å². The van der Waals surface area contributed by atoms with Gasteiger partial charge in [0.15, 0.2) is 0 Å². The fourth-order valence-electron chi connectivity index (χ4n) is 2.47. The van der Waals surface area contributed by atoms with Crippen LogP contribution in [0.4, 0.5) is 0 Å². The maximum absolute atomic E-state index is 5.57. The molecular formula is C18H24N2O. The number of pyridine rings is 1. The fourth-order valence-corrected chi connectivity index (χ4v) is 2.47. The zero-order valence-corrected chi connectivity index (χ0v) is 13.1. The van der Waals surface area contributed by atoms with Gasteiger partial charge in [0.1, 0.15) is 5.75 Å². The lowest BCUT2D eigenvalue weighted by molar-refractivity contribution is 0.398. The molecule has 1 atom stereocenters. The summed E-state index contributed by atoms with van der Waals surface area (Å²) in [6.45, 7) is 5.26. The molecule has 1 unspecified atom stereocenters. The molecule has 0 bridgehead atoms. The number of aromatic nitrogens is 1. The van der Waals surface area contributed by atoms with Gasteiger partial charge in [-0.25, -0.2) is 0 Å². The van der Waals surface area contributed by atoms with E-state index in [9.17, 15) is 0 Å². The first-order valence-corrected chi connectivity index (χ1v) is 7.51. The molecule has 0 amide bonds. The van der Waals surface area contributed by atoms with E-state index in [-0.39, 0.29) is 6.04 Å². The van der Waals surface area contributed by atoms with Crippen LogP contribution in [0.3, 0.4) is 0 Å². The molecule has 0 aliphatic heterocycles. The van der Waals surface area contributed by atoms with E-state index in [0.29, 0.717) is 0 Å². The molecule has 2 aromatic rings. The molecule has 0 saturated heterocycles. The number of methoxy groups -OCH3 is 1. The van der Waals surface area contributed by atoms with Crippen LogP contribution in [-0.2, 0) is 6.42 Å². The van der Waals surface area contributed by atoms with E-state index < -0.39 is 0 Å². The molecule has 2 rings (SSSR count). The Morgan fingerprint density at radius 3 is 2.62 bits per heavy atom. The molecule has 21 heavy (non-hydrogen) atoms. The fraction of sp³-hybridized carbons (Fsp3) is 0.389. The summed E-state index contributed by atoms with van der Waals surface area (Å²) < 4.78 is 5.57. The predicted molar refractivity (Wildman–Crippen MR) is 86.7 cm³/mol. The van der Waals surface area contributed by atoms with E-state index in [4.69, 9.17) is 4.74 Å². The van der Waals surface area contributed by atoms with E-state index in [1.165, 1.54) is 16.7 Å². The van der Waals surface area contributed by atoms with Crippen LogP contribution >= 0.6 is 0 Å². The molecule has 112 valence electrons. The highest BCUT2D eigenvalue weighted by Gasteiger charge is 2.16. The van der Waals surface area contributed by atoms with Crippen LogP contribution in [0.25, 0.3) is 0 Å². The van der Waals surface area contributed by atoms with Gasteiger partial charge in [-0.15, -0.1) is 0 Å². The van der Waals surface area contributed by atoms with Crippen molar-refractivity contribution in [2.24, 2.45) is 0 Å². The molecule has 1 aromatic carbocycles. The number of nitrogens with one attached hydrogen (secondary N) is 1. The van der Waals surface area contributed by atoms with Gasteiger partial charge in [-0.3, -0.25) is 4.98 Å². The third-order valence-electron chi connectivity index (χ3n) is 3.59. The number of nitrogens with zero attached hydrogens (tertiary/aromatic N) is 1. The first-order chi connectivity index (χ1) is 10.2. The minimum absolute atomic E-state index is 0.253. The Kier molecular flexibility index (Phi) is 5.76. The summed E-state index contributed by atoms with van der Waals surface area (Å²) in [6, 6.07) is 10.8. The lowest BCUT2D eigenvalue weighted by atomic mass is 9.97. The molecule has 1 N–H and O–H groups in total. The lowest BCUT2D eigenvalue weighted by Crippen LogP contribution is -2.24. The maximum Gasteiger partial charge on any atom is 0.123 e. The maximum atomic E-state index is 5.57. The van der Waals surface area contributed by atoms with E-state index in [1.54, 1.807) is 7.11 Å². The molecule has 1 heterocycles. The molecule has 0 saturated carbocycles. The van der Waals surface area contributed by atoms with Gasteiger partial charge in [-0.1, -0.05) is 19.1 Å². The van der Waals surface area contributed by atoms with Crippen LogP contribution in [-0.4, -0.2) is 18.6 Å². The van der Waals surface area contributed by atoms with Crippen LogP contribution in [0.1, 0.15) is 36.1 Å². The van der Waals surface area contributed by atoms with Gasteiger partial charge in [0, 0.05) is 24.0 Å². The molecule has 0 fully saturated rings. The van der Waals surface area contributed by atoms with E-state index >= 15 is 0 Å². The second kappa shape index (κ2) is 7.79. The van der Waals surface area contributed by atoms with Gasteiger partial charge in [0.05, 0.1) is 7.11 Å². The van der Waals surface area contributed by atoms with Crippen LogP contribution in [0.2, 0.25) is 0 Å². The second-order valence-electron chi connectivity index (χ2n) is 5.31. The van der Waals surface area contributed by atoms with E-state index in [2.05, 4.69) is 54.5 Å². The first kappa shape index (κ1) is 15.5. The van der Waals surface area contributed by atoms with Crippen LogP contribution in [0.5, 0.6) is 5.75 Å². The normalized spacial score (nSPS) is 12.1. The Balaban J connectivity index is 2.27. The van der Waals surface area contributed by atoms with Gasteiger partial charge >= 0.3 is 0 Å². The van der Waals surface area contributed by atoms with E-state index in [1.807, 2.05) is 12.4 Å². The third-order valence-corrected chi connectivity index (χ3v) is 3.59. The van der Waals surface area contributed by atoms with Crippen molar-refractivity contribution >= 4 is 0 Å². The summed E-state index contributed by atoms with van der Waals surface area (Å²) in [4.78, 5) is 4.09. The van der Waals surface area contributed by atoms with Gasteiger partial charge in [-0.2, -0.15) is 0 Å². The minimum atomic E-state index is 0.253. The van der Waals surface area contributed by atoms with Gasteiger partial charge in [-0.05, 0) is 55.6 Å². The average Bonchev–Trinajstić information content (AvgIpc) is 2.52. The van der Waals surface area contributed by atoms with Crippen molar-refractivity contribution in [3.8, 4) is 5.75 Å². The number of ether oxygens (including phenoxy) is 1. The average molecular weight is 284 g/mol. The lowest BCUT2D eigenvalue weighted by Gasteiger charge is -2.22. The summed E-state index contributed by atoms with van der Waals surface area (Å²) in [6.07, 6.45) is 5.74. The van der Waals surface area contributed by atoms with Crippen molar-refractivity contribution in [3.05, 3.63) is 59.4 Å². The third kappa shape index (κ3) is 4.30. The Morgan fingerprint density at radius 2 is 1.95 bits per heavy atom. The molecule has 1 aromatic heterocycles. The molecule has 3 heteroatoms. The number of hydrogen-bond donors (Lipinski definition) is 1. The van der Waals surface area contributed by atoms with Crippen LogP contribution in [0.15, 0.2) is 42.7 Å². The Bertz CT molecular complexity index is 554. The SMILES string of the molecule is CCCNC(Cc1ccncc1)c1ccc(C)cc1OC. The molecule has 0 radical (unpaired) electrons. The highest BCUT2D eigenvalue weighted by Crippen LogP contribution is 2.28. The van der Waals surface area contributed by atoms with Crippen molar-refractivity contribution in [1.29, 1.82) is 0 Å². The number of benzene rings is 1. The minimum Gasteiger partial charge on any atom is -0.496 e. The summed E-state index contributed by atoms with van der Waals surface area (Å²) in [7, 11) is 1.74. The Morgan fingerprint density at radius 1 is 1.19 bits per heavy atom. The Labute approximate surface area is 127 Å². The van der Waals surface area contributed by atoms with Gasteiger partial charge in [0.2, 0.25) is 0 Å². The standard InChI is InChI=1S/C18H24N2O/c1-4-9-20-17(13-15-7-10-19-11-8-15)16-6-5-14(2)12-18(16)21-3/h5-8,10-12,17,20H,4,9,13H2,1-3H3. The number of aryl methyl sites for hydroxylation is 1. The van der Waals surface area contributed by atoms with Crippen LogP contribution in [0, 0.1) is 6.92 Å². The molecule has 0 aliphatic rings. The smallest absolute Gasteiger partial charge is 0.123 e. The van der Waals surface area contributed by atoms with Crippen molar-refractivity contribution in [2.75, 3.05) is 13.7 Å². The molecular weight excluding hydrogens is 260 g/mol.